The summed E-state index contributed by atoms with van der Waals surface area (Å²) >= 11 is 0. The smallest absolute Gasteiger partial charge is 0.249 e. The first-order valence-electron chi connectivity index (χ1n) is 3.65. The number of nitrogens with one attached hydrogen (secondary N) is 1. The Morgan fingerprint density at radius 2 is 2.18 bits per heavy atom. The Labute approximate surface area is 67.1 Å². The standard InChI is InChI=1S/C7H16N2O2/c1-5(4-8)9-7(10)6(2)11-3/h5-6H,4,8H2,1-3H3,(H,9,10). The monoisotopic (exact) mass is 160 g/mol. The second-order valence-electron chi connectivity index (χ2n) is 2.52. The number of methoxy groups -OCH3 is 1. The molecule has 0 saturated carbocycles. The van der Waals surface area contributed by atoms with Crippen LogP contribution in [0.5, 0.6) is 0 Å². The van der Waals surface area contributed by atoms with Crippen LogP contribution in [0.25, 0.3) is 0 Å². The molecule has 4 heteroatoms. The zero-order valence-corrected chi connectivity index (χ0v) is 7.26. The summed E-state index contributed by atoms with van der Waals surface area (Å²) in [6.45, 7) is 3.99. The summed E-state index contributed by atoms with van der Waals surface area (Å²) in [4.78, 5) is 11.1. The quantitative estimate of drug-likeness (QED) is 0.582. The van der Waals surface area contributed by atoms with Crippen molar-refractivity contribution >= 4 is 5.91 Å². The summed E-state index contributed by atoms with van der Waals surface area (Å²) in [6.07, 6.45) is -0.399. The van der Waals surface area contributed by atoms with Gasteiger partial charge in [-0.2, -0.15) is 0 Å². The van der Waals surface area contributed by atoms with Gasteiger partial charge in [0.15, 0.2) is 0 Å². The van der Waals surface area contributed by atoms with E-state index in [1.165, 1.54) is 7.11 Å². The lowest BCUT2D eigenvalue weighted by Gasteiger charge is -2.14. The summed E-state index contributed by atoms with van der Waals surface area (Å²) in [5.41, 5.74) is 5.31. The molecular formula is C7H16N2O2. The first kappa shape index (κ1) is 10.4. The molecule has 0 aliphatic heterocycles. The van der Waals surface area contributed by atoms with E-state index in [-0.39, 0.29) is 11.9 Å². The van der Waals surface area contributed by atoms with Crippen LogP contribution < -0.4 is 11.1 Å². The third-order valence-corrected chi connectivity index (χ3v) is 1.46. The average Bonchev–Trinajstić information content (AvgIpc) is 2.02. The van der Waals surface area contributed by atoms with Crippen LogP contribution in [0, 0.1) is 0 Å². The van der Waals surface area contributed by atoms with Crippen LogP contribution in [-0.4, -0.2) is 31.7 Å². The lowest BCUT2D eigenvalue weighted by molar-refractivity contribution is -0.130. The molecule has 0 aromatic heterocycles. The lowest BCUT2D eigenvalue weighted by atomic mass is 10.3. The van der Waals surface area contributed by atoms with Gasteiger partial charge in [0.1, 0.15) is 6.10 Å². The highest BCUT2D eigenvalue weighted by atomic mass is 16.5. The molecule has 0 heterocycles. The zero-order valence-electron chi connectivity index (χ0n) is 7.26. The van der Waals surface area contributed by atoms with Crippen LogP contribution in [0.15, 0.2) is 0 Å². The van der Waals surface area contributed by atoms with Gasteiger partial charge in [-0.1, -0.05) is 0 Å². The fourth-order valence-corrected chi connectivity index (χ4v) is 0.526. The van der Waals surface area contributed by atoms with Crippen LogP contribution in [-0.2, 0) is 9.53 Å². The molecular weight excluding hydrogens is 144 g/mol. The van der Waals surface area contributed by atoms with Gasteiger partial charge in [-0.25, -0.2) is 0 Å². The van der Waals surface area contributed by atoms with E-state index in [0.717, 1.165) is 0 Å². The number of carbonyl (C=O) groups is 1. The van der Waals surface area contributed by atoms with E-state index in [9.17, 15) is 4.79 Å². The fourth-order valence-electron chi connectivity index (χ4n) is 0.526. The van der Waals surface area contributed by atoms with Crippen molar-refractivity contribution in [3.8, 4) is 0 Å². The summed E-state index contributed by atoms with van der Waals surface area (Å²) in [6, 6.07) is 0.0140. The number of amides is 1. The van der Waals surface area contributed by atoms with Gasteiger partial charge in [0.05, 0.1) is 0 Å². The molecule has 0 spiro atoms. The highest BCUT2D eigenvalue weighted by molar-refractivity contribution is 5.80. The normalized spacial score (nSPS) is 15.6. The third-order valence-electron chi connectivity index (χ3n) is 1.46. The second-order valence-corrected chi connectivity index (χ2v) is 2.52. The summed E-state index contributed by atoms with van der Waals surface area (Å²) in [5.74, 6) is -0.120. The minimum absolute atomic E-state index is 0.0140. The van der Waals surface area contributed by atoms with Crippen LogP contribution in [0.1, 0.15) is 13.8 Å². The first-order chi connectivity index (χ1) is 5.11. The van der Waals surface area contributed by atoms with Crippen molar-refractivity contribution in [1.82, 2.24) is 5.32 Å². The highest BCUT2D eigenvalue weighted by Crippen LogP contribution is 1.88. The Morgan fingerprint density at radius 3 is 2.55 bits per heavy atom. The molecule has 0 rings (SSSR count). The van der Waals surface area contributed by atoms with Crippen LogP contribution in [0.2, 0.25) is 0 Å². The number of carbonyl (C=O) groups excluding carboxylic acids is 1. The molecule has 66 valence electrons. The minimum Gasteiger partial charge on any atom is -0.372 e. The molecule has 0 aliphatic rings. The number of hydrogen-bond donors (Lipinski definition) is 2. The summed E-state index contributed by atoms with van der Waals surface area (Å²) < 4.78 is 4.80. The van der Waals surface area contributed by atoms with E-state index in [1.807, 2.05) is 6.92 Å². The molecule has 4 nitrogen and oxygen atoms in total. The van der Waals surface area contributed by atoms with Crippen molar-refractivity contribution in [3.63, 3.8) is 0 Å². The molecule has 3 N–H and O–H groups in total. The molecule has 0 aliphatic carbocycles. The Morgan fingerprint density at radius 1 is 1.64 bits per heavy atom. The number of ether oxygens (including phenoxy) is 1. The Bertz CT molecular complexity index is 128. The Hall–Kier alpha value is -0.610. The van der Waals surface area contributed by atoms with Gasteiger partial charge in [-0.05, 0) is 13.8 Å². The van der Waals surface area contributed by atoms with E-state index in [2.05, 4.69) is 5.32 Å². The van der Waals surface area contributed by atoms with Gasteiger partial charge < -0.3 is 15.8 Å². The predicted octanol–water partition coefficient (Wildman–Crippen LogP) is -0.515. The molecule has 0 saturated heterocycles. The van der Waals surface area contributed by atoms with Gasteiger partial charge in [0.2, 0.25) is 5.91 Å². The number of rotatable bonds is 4. The fraction of sp³-hybridized carbons (Fsp3) is 0.857. The minimum atomic E-state index is -0.399. The van der Waals surface area contributed by atoms with Crippen molar-refractivity contribution in [2.75, 3.05) is 13.7 Å². The van der Waals surface area contributed by atoms with Crippen molar-refractivity contribution in [3.05, 3.63) is 0 Å². The summed E-state index contributed by atoms with van der Waals surface area (Å²) in [7, 11) is 1.50. The Kier molecular flexibility index (Phi) is 4.81. The summed E-state index contributed by atoms with van der Waals surface area (Å²) in [5, 5.41) is 2.69. The van der Waals surface area contributed by atoms with Crippen LogP contribution in [0.4, 0.5) is 0 Å². The SMILES string of the molecule is COC(C)C(=O)NC(C)CN. The van der Waals surface area contributed by atoms with Crippen LogP contribution >= 0.6 is 0 Å². The van der Waals surface area contributed by atoms with E-state index >= 15 is 0 Å². The zero-order chi connectivity index (χ0) is 8.85. The molecule has 11 heavy (non-hydrogen) atoms. The van der Waals surface area contributed by atoms with Crippen LogP contribution in [0.3, 0.4) is 0 Å². The topological polar surface area (TPSA) is 64.3 Å². The van der Waals surface area contributed by atoms with Crippen molar-refractivity contribution in [2.45, 2.75) is 26.0 Å². The number of hydrogen-bond acceptors (Lipinski definition) is 3. The van der Waals surface area contributed by atoms with Crippen molar-refractivity contribution < 1.29 is 9.53 Å². The largest absolute Gasteiger partial charge is 0.372 e. The second kappa shape index (κ2) is 5.09. The van der Waals surface area contributed by atoms with Crippen molar-refractivity contribution in [1.29, 1.82) is 0 Å². The van der Waals surface area contributed by atoms with E-state index in [0.29, 0.717) is 6.54 Å². The van der Waals surface area contributed by atoms with Gasteiger partial charge in [0.25, 0.3) is 0 Å². The molecule has 0 bridgehead atoms. The molecule has 0 aromatic carbocycles. The van der Waals surface area contributed by atoms with E-state index < -0.39 is 6.10 Å². The third kappa shape index (κ3) is 3.95. The van der Waals surface area contributed by atoms with Gasteiger partial charge >= 0.3 is 0 Å². The van der Waals surface area contributed by atoms with Gasteiger partial charge in [0, 0.05) is 19.7 Å². The van der Waals surface area contributed by atoms with E-state index in [4.69, 9.17) is 10.5 Å². The van der Waals surface area contributed by atoms with Crippen molar-refractivity contribution in [2.24, 2.45) is 5.73 Å². The molecule has 0 fully saturated rings. The molecule has 2 atom stereocenters. The maximum atomic E-state index is 11.1. The van der Waals surface area contributed by atoms with E-state index in [1.54, 1.807) is 6.92 Å². The number of nitrogens with two attached hydrogens (primary N) is 1. The molecule has 0 aromatic rings. The van der Waals surface area contributed by atoms with Gasteiger partial charge in [-0.3, -0.25) is 4.79 Å². The highest BCUT2D eigenvalue weighted by Gasteiger charge is 2.12. The predicted molar refractivity (Wildman–Crippen MR) is 43.1 cm³/mol. The van der Waals surface area contributed by atoms with Gasteiger partial charge in [-0.15, -0.1) is 0 Å². The maximum Gasteiger partial charge on any atom is 0.249 e. The lowest BCUT2D eigenvalue weighted by Crippen LogP contribution is -2.42. The average molecular weight is 160 g/mol. The molecule has 2 unspecified atom stereocenters. The molecule has 0 radical (unpaired) electrons. The molecule has 1 amide bonds. The Balaban J connectivity index is 3.68. The first-order valence-corrected chi connectivity index (χ1v) is 3.65. The maximum absolute atomic E-state index is 11.1.